The van der Waals surface area contributed by atoms with Gasteiger partial charge in [0.25, 0.3) is 0 Å². The average molecular weight is 353 g/mol. The second-order valence-electron chi connectivity index (χ2n) is 7.46. The largest absolute Gasteiger partial charge is 0.371 e. The van der Waals surface area contributed by atoms with Crippen molar-refractivity contribution in [1.29, 1.82) is 0 Å². The van der Waals surface area contributed by atoms with E-state index in [4.69, 9.17) is 5.73 Å². The smallest absolute Gasteiger partial charge is 0.0400 e. The van der Waals surface area contributed by atoms with Crippen LogP contribution in [0.15, 0.2) is 22.7 Å². The van der Waals surface area contributed by atoms with Gasteiger partial charge in [-0.1, -0.05) is 29.8 Å². The Morgan fingerprint density at radius 2 is 1.95 bits per heavy atom. The van der Waals surface area contributed by atoms with Crippen LogP contribution in [-0.4, -0.2) is 19.1 Å². The predicted molar refractivity (Wildman–Crippen MR) is 95.9 cm³/mol. The lowest BCUT2D eigenvalue weighted by Gasteiger charge is -2.40. The fraction of sp³-hybridized carbons (Fsp3) is 0.667. The second kappa shape index (κ2) is 6.70. The lowest BCUT2D eigenvalue weighted by atomic mass is 9.75. The van der Waals surface area contributed by atoms with E-state index in [1.54, 1.807) is 0 Å². The molecule has 2 N–H and O–H groups in total. The molecule has 1 saturated carbocycles. The zero-order chi connectivity index (χ0) is 15.6. The molecular formula is C18H29BrN2. The van der Waals surface area contributed by atoms with Crippen molar-refractivity contribution in [2.75, 3.05) is 11.9 Å². The first-order valence-electron chi connectivity index (χ1n) is 8.05. The van der Waals surface area contributed by atoms with Crippen LogP contribution >= 0.6 is 15.9 Å². The van der Waals surface area contributed by atoms with E-state index < -0.39 is 0 Å². The number of anilines is 1. The van der Waals surface area contributed by atoms with Crippen molar-refractivity contribution >= 4 is 21.6 Å². The number of halogens is 1. The number of hydrogen-bond donors (Lipinski definition) is 1. The minimum Gasteiger partial charge on any atom is -0.371 e. The molecule has 0 heterocycles. The normalized spacial score (nSPS) is 20.3. The standard InChI is InChI=1S/C18H29BrN2/c1-13(20)11-14-12-15(19)5-6-17(14)21(4)16-7-9-18(2,3)10-8-16/h5-6,12-13,16H,7-11,20H2,1-4H3. The molecule has 2 nitrogen and oxygen atoms in total. The number of benzene rings is 1. The van der Waals surface area contributed by atoms with Crippen LogP contribution in [-0.2, 0) is 6.42 Å². The lowest BCUT2D eigenvalue weighted by molar-refractivity contribution is 0.222. The van der Waals surface area contributed by atoms with Crippen molar-refractivity contribution in [3.8, 4) is 0 Å². The first-order valence-corrected chi connectivity index (χ1v) is 8.85. The van der Waals surface area contributed by atoms with Crippen molar-refractivity contribution in [3.05, 3.63) is 28.2 Å². The van der Waals surface area contributed by atoms with E-state index in [0.717, 1.165) is 10.9 Å². The summed E-state index contributed by atoms with van der Waals surface area (Å²) in [5, 5.41) is 0. The van der Waals surface area contributed by atoms with Crippen LogP contribution in [0.4, 0.5) is 5.69 Å². The van der Waals surface area contributed by atoms with Crippen molar-refractivity contribution in [3.63, 3.8) is 0 Å². The molecule has 1 unspecified atom stereocenters. The summed E-state index contributed by atoms with van der Waals surface area (Å²) in [6.45, 7) is 6.86. The summed E-state index contributed by atoms with van der Waals surface area (Å²) >= 11 is 3.59. The van der Waals surface area contributed by atoms with E-state index in [2.05, 4.69) is 66.8 Å². The summed E-state index contributed by atoms with van der Waals surface area (Å²) in [4.78, 5) is 2.49. The van der Waals surface area contributed by atoms with Crippen molar-refractivity contribution in [2.24, 2.45) is 11.1 Å². The number of nitrogens with zero attached hydrogens (tertiary/aromatic N) is 1. The van der Waals surface area contributed by atoms with Gasteiger partial charge in [0, 0.05) is 29.3 Å². The van der Waals surface area contributed by atoms with Crippen molar-refractivity contribution < 1.29 is 0 Å². The van der Waals surface area contributed by atoms with Crippen LogP contribution in [0.2, 0.25) is 0 Å². The summed E-state index contributed by atoms with van der Waals surface area (Å²) < 4.78 is 1.14. The Hall–Kier alpha value is -0.540. The minimum atomic E-state index is 0.191. The van der Waals surface area contributed by atoms with Gasteiger partial charge in [-0.2, -0.15) is 0 Å². The molecule has 1 aromatic rings. The van der Waals surface area contributed by atoms with Gasteiger partial charge in [-0.25, -0.2) is 0 Å². The third kappa shape index (κ3) is 4.46. The summed E-state index contributed by atoms with van der Waals surface area (Å²) in [5.74, 6) is 0. The Labute approximate surface area is 138 Å². The van der Waals surface area contributed by atoms with Gasteiger partial charge in [0.15, 0.2) is 0 Å². The summed E-state index contributed by atoms with van der Waals surface area (Å²) in [5.41, 5.74) is 9.24. The highest BCUT2D eigenvalue weighted by atomic mass is 79.9. The molecule has 1 aromatic carbocycles. The molecule has 1 atom stereocenters. The maximum Gasteiger partial charge on any atom is 0.0400 e. The van der Waals surface area contributed by atoms with Gasteiger partial charge < -0.3 is 10.6 Å². The molecule has 0 amide bonds. The van der Waals surface area contributed by atoms with Crippen LogP contribution < -0.4 is 10.6 Å². The van der Waals surface area contributed by atoms with Gasteiger partial charge in [-0.15, -0.1) is 0 Å². The van der Waals surface area contributed by atoms with Crippen molar-refractivity contribution in [1.82, 2.24) is 0 Å². The summed E-state index contributed by atoms with van der Waals surface area (Å²) in [7, 11) is 2.25. The zero-order valence-corrected chi connectivity index (χ0v) is 15.4. The van der Waals surface area contributed by atoms with Gasteiger partial charge in [0.2, 0.25) is 0 Å². The van der Waals surface area contributed by atoms with Crippen LogP contribution in [0.25, 0.3) is 0 Å². The molecule has 118 valence electrons. The molecule has 0 bridgehead atoms. The molecule has 0 spiro atoms. The van der Waals surface area contributed by atoms with Gasteiger partial charge in [-0.3, -0.25) is 0 Å². The van der Waals surface area contributed by atoms with E-state index >= 15 is 0 Å². The van der Waals surface area contributed by atoms with Gasteiger partial charge in [0.1, 0.15) is 0 Å². The quantitative estimate of drug-likeness (QED) is 0.847. The molecule has 0 aromatic heterocycles. The Bertz CT molecular complexity index is 472. The Morgan fingerprint density at radius 3 is 2.52 bits per heavy atom. The first kappa shape index (κ1) is 16.8. The summed E-state index contributed by atoms with van der Waals surface area (Å²) in [6, 6.07) is 7.45. The van der Waals surface area contributed by atoms with E-state index in [-0.39, 0.29) is 6.04 Å². The molecule has 1 aliphatic carbocycles. The Balaban J connectivity index is 2.17. The topological polar surface area (TPSA) is 29.3 Å². The van der Waals surface area contributed by atoms with E-state index in [0.29, 0.717) is 11.5 Å². The maximum absolute atomic E-state index is 6.02. The Kier molecular flexibility index (Phi) is 5.37. The highest BCUT2D eigenvalue weighted by molar-refractivity contribution is 9.10. The lowest BCUT2D eigenvalue weighted by Crippen LogP contribution is -2.38. The second-order valence-corrected chi connectivity index (χ2v) is 8.38. The molecule has 0 saturated heterocycles. The molecular weight excluding hydrogens is 324 g/mol. The van der Waals surface area contributed by atoms with Gasteiger partial charge in [0.05, 0.1) is 0 Å². The van der Waals surface area contributed by atoms with E-state index in [1.165, 1.54) is 36.9 Å². The summed E-state index contributed by atoms with van der Waals surface area (Å²) in [6.07, 6.45) is 6.15. The molecule has 21 heavy (non-hydrogen) atoms. The SMILES string of the molecule is CC(N)Cc1cc(Br)ccc1N(C)C1CCC(C)(C)CC1. The monoisotopic (exact) mass is 352 g/mol. The molecule has 3 heteroatoms. The average Bonchev–Trinajstić information content (AvgIpc) is 2.37. The van der Waals surface area contributed by atoms with Crippen LogP contribution in [0, 0.1) is 5.41 Å². The molecule has 0 aliphatic heterocycles. The molecule has 0 radical (unpaired) electrons. The minimum absolute atomic E-state index is 0.191. The third-order valence-corrected chi connectivity index (χ3v) is 5.31. The predicted octanol–water partition coefficient (Wildman–Crippen LogP) is 4.74. The number of rotatable bonds is 4. The van der Waals surface area contributed by atoms with Gasteiger partial charge >= 0.3 is 0 Å². The van der Waals surface area contributed by atoms with E-state index in [1.807, 2.05) is 0 Å². The zero-order valence-electron chi connectivity index (χ0n) is 13.8. The van der Waals surface area contributed by atoms with Crippen LogP contribution in [0.1, 0.15) is 52.0 Å². The highest BCUT2D eigenvalue weighted by Crippen LogP contribution is 2.38. The highest BCUT2D eigenvalue weighted by Gasteiger charge is 2.29. The molecule has 1 aliphatic rings. The molecule has 2 rings (SSSR count). The fourth-order valence-corrected chi connectivity index (χ4v) is 3.79. The third-order valence-electron chi connectivity index (χ3n) is 4.82. The number of hydrogen-bond acceptors (Lipinski definition) is 2. The van der Waals surface area contributed by atoms with Gasteiger partial charge in [-0.05, 0) is 68.2 Å². The Morgan fingerprint density at radius 1 is 1.33 bits per heavy atom. The fourth-order valence-electron chi connectivity index (χ4n) is 3.38. The van der Waals surface area contributed by atoms with Crippen molar-refractivity contribution in [2.45, 2.75) is 65.0 Å². The molecule has 1 fully saturated rings. The first-order chi connectivity index (χ1) is 9.78. The van der Waals surface area contributed by atoms with E-state index in [9.17, 15) is 0 Å². The van der Waals surface area contributed by atoms with Crippen LogP contribution in [0.3, 0.4) is 0 Å². The number of nitrogens with two attached hydrogens (primary N) is 1. The maximum atomic E-state index is 6.02. The van der Waals surface area contributed by atoms with Crippen LogP contribution in [0.5, 0.6) is 0 Å².